The molecule has 8 heteroatoms. The summed E-state index contributed by atoms with van der Waals surface area (Å²) in [6, 6.07) is 6.65. The lowest BCUT2D eigenvalue weighted by Crippen LogP contribution is -2.60. The maximum absolute atomic E-state index is 14.0. The van der Waals surface area contributed by atoms with Gasteiger partial charge in [-0.05, 0) is 86.6 Å². The third kappa shape index (κ3) is 3.73. The van der Waals surface area contributed by atoms with Crippen molar-refractivity contribution in [3.8, 4) is 0 Å². The van der Waals surface area contributed by atoms with Crippen molar-refractivity contribution in [3.05, 3.63) is 62.3 Å². The Morgan fingerprint density at radius 2 is 1.76 bits per heavy atom. The molecule has 3 amide bonds. The molecule has 4 aliphatic carbocycles. The molecule has 2 aromatic carbocycles. The Bertz CT molecular complexity index is 1150. The molecular formula is C25H24BrClFN3O2. The van der Waals surface area contributed by atoms with E-state index in [0.717, 1.165) is 19.3 Å². The summed E-state index contributed by atoms with van der Waals surface area (Å²) in [5.41, 5.74) is 1.85. The van der Waals surface area contributed by atoms with Crippen LogP contribution in [0.2, 0.25) is 5.02 Å². The molecule has 0 spiro atoms. The van der Waals surface area contributed by atoms with Crippen molar-refractivity contribution in [2.24, 2.45) is 17.8 Å². The van der Waals surface area contributed by atoms with Crippen molar-refractivity contribution in [2.75, 3.05) is 5.32 Å². The Hall–Kier alpha value is -2.12. The number of hydrogen-bond acceptors (Lipinski definition) is 2. The quantitative estimate of drug-likeness (QED) is 0.443. The number of carbonyl (C=O) groups is 2. The topological polar surface area (TPSA) is 70.2 Å². The van der Waals surface area contributed by atoms with E-state index in [1.165, 1.54) is 37.5 Å². The SMILES string of the molecule is O=C(Nc1cc(Br)cc2c1C(c1cc(F)ccc1Cl)NC2=O)NC12CC3CC(CC(C3)C1)C2. The molecular weight excluding hydrogens is 509 g/mol. The molecule has 4 fully saturated rings. The van der Waals surface area contributed by atoms with Crippen LogP contribution in [0.15, 0.2) is 34.8 Å². The highest BCUT2D eigenvalue weighted by Crippen LogP contribution is 2.55. The molecule has 1 heterocycles. The normalized spacial score (nSPS) is 31.3. The maximum Gasteiger partial charge on any atom is 0.319 e. The fourth-order valence-corrected chi connectivity index (χ4v) is 7.81. The molecule has 172 valence electrons. The Balaban J connectivity index is 1.31. The van der Waals surface area contributed by atoms with Gasteiger partial charge in [0.2, 0.25) is 0 Å². The summed E-state index contributed by atoms with van der Waals surface area (Å²) in [5.74, 6) is 1.42. The average Bonchev–Trinajstić information content (AvgIpc) is 3.04. The highest BCUT2D eigenvalue weighted by Gasteiger charge is 2.51. The largest absolute Gasteiger partial charge is 0.341 e. The molecule has 1 unspecified atom stereocenters. The van der Waals surface area contributed by atoms with Gasteiger partial charge in [0.05, 0.1) is 6.04 Å². The predicted octanol–water partition coefficient (Wildman–Crippen LogP) is 6.16. The Kier molecular flexibility index (Phi) is 5.00. The lowest BCUT2D eigenvalue weighted by Gasteiger charge is -2.56. The number of carbonyl (C=O) groups excluding carboxylic acids is 2. The van der Waals surface area contributed by atoms with E-state index in [9.17, 15) is 14.0 Å². The second-order valence-corrected chi connectivity index (χ2v) is 11.6. The molecule has 4 bridgehead atoms. The van der Waals surface area contributed by atoms with Crippen LogP contribution in [0, 0.1) is 23.6 Å². The van der Waals surface area contributed by atoms with E-state index in [2.05, 4.69) is 31.9 Å². The van der Waals surface area contributed by atoms with Gasteiger partial charge in [-0.15, -0.1) is 0 Å². The van der Waals surface area contributed by atoms with E-state index in [4.69, 9.17) is 11.6 Å². The molecule has 5 nitrogen and oxygen atoms in total. The molecule has 0 saturated heterocycles. The minimum Gasteiger partial charge on any atom is -0.341 e. The Labute approximate surface area is 205 Å². The third-order valence-electron chi connectivity index (χ3n) is 7.89. The number of nitrogens with one attached hydrogen (secondary N) is 3. The number of amides is 3. The van der Waals surface area contributed by atoms with Crippen molar-refractivity contribution in [3.63, 3.8) is 0 Å². The van der Waals surface area contributed by atoms with E-state index < -0.39 is 11.9 Å². The molecule has 33 heavy (non-hydrogen) atoms. The zero-order valence-corrected chi connectivity index (χ0v) is 20.2. The van der Waals surface area contributed by atoms with E-state index in [1.807, 2.05) is 0 Å². The first-order valence-corrected chi connectivity index (χ1v) is 12.6. The van der Waals surface area contributed by atoms with Crippen LogP contribution in [0.3, 0.4) is 0 Å². The molecule has 1 atom stereocenters. The maximum atomic E-state index is 14.0. The smallest absolute Gasteiger partial charge is 0.319 e. The van der Waals surface area contributed by atoms with Crippen molar-refractivity contribution in [1.29, 1.82) is 0 Å². The van der Waals surface area contributed by atoms with Gasteiger partial charge in [0.15, 0.2) is 0 Å². The van der Waals surface area contributed by atoms with Crippen molar-refractivity contribution >= 4 is 45.2 Å². The van der Waals surface area contributed by atoms with E-state index in [0.29, 0.717) is 49.6 Å². The number of benzene rings is 2. The summed E-state index contributed by atoms with van der Waals surface area (Å²) in [6.07, 6.45) is 7.03. The first-order chi connectivity index (χ1) is 15.8. The van der Waals surface area contributed by atoms with Crippen LogP contribution in [-0.4, -0.2) is 17.5 Å². The van der Waals surface area contributed by atoms with Crippen LogP contribution in [-0.2, 0) is 0 Å². The van der Waals surface area contributed by atoms with Crippen LogP contribution < -0.4 is 16.0 Å². The van der Waals surface area contributed by atoms with Gasteiger partial charge in [0, 0.05) is 37.4 Å². The highest BCUT2D eigenvalue weighted by atomic mass is 79.9. The van der Waals surface area contributed by atoms with Gasteiger partial charge in [-0.25, -0.2) is 9.18 Å². The number of halogens is 3. The molecule has 4 saturated carbocycles. The summed E-state index contributed by atoms with van der Waals surface area (Å²) in [5, 5.41) is 9.55. The van der Waals surface area contributed by atoms with Gasteiger partial charge in [-0.1, -0.05) is 27.5 Å². The molecule has 0 radical (unpaired) electrons. The number of rotatable bonds is 3. The Morgan fingerprint density at radius 1 is 1.09 bits per heavy atom. The van der Waals surface area contributed by atoms with Gasteiger partial charge in [-0.2, -0.15) is 0 Å². The zero-order chi connectivity index (χ0) is 22.9. The van der Waals surface area contributed by atoms with Gasteiger partial charge < -0.3 is 16.0 Å². The van der Waals surface area contributed by atoms with Crippen molar-refractivity contribution < 1.29 is 14.0 Å². The van der Waals surface area contributed by atoms with Gasteiger partial charge in [-0.3, -0.25) is 4.79 Å². The van der Waals surface area contributed by atoms with E-state index in [-0.39, 0.29) is 17.5 Å². The second kappa shape index (κ2) is 7.70. The molecule has 2 aromatic rings. The van der Waals surface area contributed by atoms with Crippen LogP contribution >= 0.6 is 27.5 Å². The Morgan fingerprint density at radius 3 is 2.42 bits per heavy atom. The van der Waals surface area contributed by atoms with Crippen LogP contribution in [0.4, 0.5) is 14.9 Å². The van der Waals surface area contributed by atoms with E-state index >= 15 is 0 Å². The summed E-state index contributed by atoms with van der Waals surface area (Å²) < 4.78 is 14.7. The predicted molar refractivity (Wildman–Crippen MR) is 128 cm³/mol. The summed E-state index contributed by atoms with van der Waals surface area (Å²) in [6.45, 7) is 0. The second-order valence-electron chi connectivity index (χ2n) is 10.3. The van der Waals surface area contributed by atoms with Crippen LogP contribution in [0.1, 0.15) is 66.1 Å². The van der Waals surface area contributed by atoms with Gasteiger partial charge >= 0.3 is 6.03 Å². The van der Waals surface area contributed by atoms with Crippen LogP contribution in [0.25, 0.3) is 0 Å². The lowest BCUT2D eigenvalue weighted by atomic mass is 9.53. The summed E-state index contributed by atoms with van der Waals surface area (Å²) >= 11 is 9.81. The average molecular weight is 533 g/mol. The first kappa shape index (κ1) is 21.4. The molecule has 0 aromatic heterocycles. The fourth-order valence-electron chi connectivity index (χ4n) is 7.13. The number of hydrogen-bond donors (Lipinski definition) is 3. The number of fused-ring (bicyclic) bond motifs is 1. The fraction of sp³-hybridized carbons (Fsp3) is 0.440. The molecule has 1 aliphatic heterocycles. The minimum absolute atomic E-state index is 0.132. The van der Waals surface area contributed by atoms with Gasteiger partial charge in [0.25, 0.3) is 5.91 Å². The summed E-state index contributed by atoms with van der Waals surface area (Å²) in [7, 11) is 0. The summed E-state index contributed by atoms with van der Waals surface area (Å²) in [4.78, 5) is 26.0. The molecule has 7 rings (SSSR count). The van der Waals surface area contributed by atoms with Gasteiger partial charge in [0.1, 0.15) is 5.82 Å². The third-order valence-corrected chi connectivity index (χ3v) is 8.69. The number of anilines is 1. The number of urea groups is 1. The molecule has 3 N–H and O–H groups in total. The van der Waals surface area contributed by atoms with Crippen molar-refractivity contribution in [2.45, 2.75) is 50.1 Å². The minimum atomic E-state index is -0.654. The monoisotopic (exact) mass is 531 g/mol. The molecule has 5 aliphatic rings. The van der Waals surface area contributed by atoms with Crippen LogP contribution in [0.5, 0.6) is 0 Å². The first-order valence-electron chi connectivity index (χ1n) is 11.5. The zero-order valence-electron chi connectivity index (χ0n) is 17.9. The lowest BCUT2D eigenvalue weighted by molar-refractivity contribution is -0.0127. The van der Waals surface area contributed by atoms with Crippen molar-refractivity contribution in [1.82, 2.24) is 10.6 Å². The van der Waals surface area contributed by atoms with E-state index in [1.54, 1.807) is 12.1 Å². The standard InChI is InChI=1S/C25H24BrClFN3O2/c26-15-6-18-21(22(30-23(18)32)17-8-16(28)1-2-19(17)27)20(7-15)29-24(33)31-25-9-12-3-13(10-25)5-14(4-12)11-25/h1-2,6-8,12-14,22H,3-5,9-11H2,(H,30,32)(H2,29,31,33). The highest BCUT2D eigenvalue weighted by molar-refractivity contribution is 9.10.